The number of alkyl halides is 3. The first-order valence-electron chi connectivity index (χ1n) is 10.8. The van der Waals surface area contributed by atoms with Gasteiger partial charge in [0.2, 0.25) is 0 Å². The number of methoxy groups -OCH3 is 1. The summed E-state index contributed by atoms with van der Waals surface area (Å²) in [4.78, 5) is 8.31. The Bertz CT molecular complexity index is 1040. The summed E-state index contributed by atoms with van der Waals surface area (Å²) < 4.78 is 49.7. The smallest absolute Gasteiger partial charge is 0.417 e. The van der Waals surface area contributed by atoms with Crippen LogP contribution in [-0.2, 0) is 19.3 Å². The average Bonchev–Trinajstić information content (AvgIpc) is 2.84. The summed E-state index contributed by atoms with van der Waals surface area (Å²) in [5, 5.41) is 0. The minimum Gasteiger partial charge on any atom is -0.496 e. The SMILES string of the molecule is COc1cc(OCc2ccccc2)ccc1CN1CCN(c2ccc(C(F)(F)F)cn2)CC1. The first-order chi connectivity index (χ1) is 15.9. The van der Waals surface area contributed by atoms with Crippen molar-refractivity contribution in [1.82, 2.24) is 9.88 Å². The molecule has 3 aromatic rings. The van der Waals surface area contributed by atoms with Crippen LogP contribution in [0.4, 0.5) is 19.0 Å². The van der Waals surface area contributed by atoms with Crippen LogP contribution in [0.2, 0.25) is 0 Å². The van der Waals surface area contributed by atoms with Gasteiger partial charge in [0.1, 0.15) is 23.9 Å². The molecule has 2 aromatic carbocycles. The molecule has 1 aliphatic rings. The number of hydrogen-bond donors (Lipinski definition) is 0. The molecule has 4 rings (SSSR count). The number of benzene rings is 2. The lowest BCUT2D eigenvalue weighted by Crippen LogP contribution is -2.46. The van der Waals surface area contributed by atoms with E-state index in [0.29, 0.717) is 25.5 Å². The molecule has 0 saturated carbocycles. The molecule has 0 atom stereocenters. The molecule has 2 heterocycles. The molecule has 0 unspecified atom stereocenters. The number of anilines is 1. The van der Waals surface area contributed by atoms with E-state index in [4.69, 9.17) is 9.47 Å². The van der Waals surface area contributed by atoms with E-state index in [1.54, 1.807) is 7.11 Å². The van der Waals surface area contributed by atoms with Gasteiger partial charge in [-0.2, -0.15) is 13.2 Å². The van der Waals surface area contributed by atoms with Crippen molar-refractivity contribution >= 4 is 5.82 Å². The minimum atomic E-state index is -4.37. The fourth-order valence-electron chi connectivity index (χ4n) is 3.80. The van der Waals surface area contributed by atoms with Crippen molar-refractivity contribution in [2.75, 3.05) is 38.2 Å². The lowest BCUT2D eigenvalue weighted by atomic mass is 10.1. The molecule has 1 aromatic heterocycles. The maximum absolute atomic E-state index is 12.7. The summed E-state index contributed by atoms with van der Waals surface area (Å²) in [5.41, 5.74) is 1.43. The molecule has 8 heteroatoms. The highest BCUT2D eigenvalue weighted by atomic mass is 19.4. The Balaban J connectivity index is 1.32. The van der Waals surface area contributed by atoms with Crippen LogP contribution in [0.25, 0.3) is 0 Å². The van der Waals surface area contributed by atoms with Crippen LogP contribution < -0.4 is 14.4 Å². The molecule has 1 saturated heterocycles. The highest BCUT2D eigenvalue weighted by Crippen LogP contribution is 2.30. The zero-order valence-electron chi connectivity index (χ0n) is 18.4. The standard InChI is InChI=1S/C25H26F3N3O2/c1-32-23-15-22(33-18-19-5-3-2-4-6-19)9-7-20(23)17-30-11-13-31(14-12-30)24-10-8-21(16-29-24)25(26,27)28/h2-10,15-16H,11-14,17-18H2,1H3. The number of pyridine rings is 1. The first-order valence-corrected chi connectivity index (χ1v) is 10.8. The Kier molecular flexibility index (Phi) is 7.03. The Morgan fingerprint density at radius 3 is 2.33 bits per heavy atom. The lowest BCUT2D eigenvalue weighted by molar-refractivity contribution is -0.137. The van der Waals surface area contributed by atoms with Crippen molar-refractivity contribution in [3.05, 3.63) is 83.6 Å². The molecule has 174 valence electrons. The summed E-state index contributed by atoms with van der Waals surface area (Å²) in [6.07, 6.45) is -3.47. The largest absolute Gasteiger partial charge is 0.496 e. The van der Waals surface area contributed by atoms with E-state index in [1.165, 1.54) is 6.07 Å². The highest BCUT2D eigenvalue weighted by molar-refractivity contribution is 5.42. The van der Waals surface area contributed by atoms with Crippen LogP contribution in [0.1, 0.15) is 16.7 Å². The van der Waals surface area contributed by atoms with Gasteiger partial charge in [0.05, 0.1) is 12.7 Å². The van der Waals surface area contributed by atoms with E-state index in [9.17, 15) is 13.2 Å². The third-order valence-corrected chi connectivity index (χ3v) is 5.67. The zero-order chi connectivity index (χ0) is 23.3. The van der Waals surface area contributed by atoms with E-state index >= 15 is 0 Å². The molecule has 0 aliphatic carbocycles. The maximum Gasteiger partial charge on any atom is 0.417 e. The lowest BCUT2D eigenvalue weighted by Gasteiger charge is -2.35. The molecular weight excluding hydrogens is 431 g/mol. The van der Waals surface area contributed by atoms with Gasteiger partial charge >= 0.3 is 6.18 Å². The number of ether oxygens (including phenoxy) is 2. The second kappa shape index (κ2) is 10.1. The molecule has 1 aliphatic heterocycles. The van der Waals surface area contributed by atoms with Crippen molar-refractivity contribution in [1.29, 1.82) is 0 Å². The topological polar surface area (TPSA) is 37.8 Å². The minimum absolute atomic E-state index is 0.489. The Morgan fingerprint density at radius 2 is 1.70 bits per heavy atom. The van der Waals surface area contributed by atoms with E-state index in [-0.39, 0.29) is 0 Å². The normalized spacial score (nSPS) is 14.8. The number of hydrogen-bond acceptors (Lipinski definition) is 5. The Labute approximate surface area is 191 Å². The number of nitrogens with zero attached hydrogens (tertiary/aromatic N) is 3. The Morgan fingerprint density at radius 1 is 0.939 bits per heavy atom. The summed E-state index contributed by atoms with van der Waals surface area (Å²) >= 11 is 0. The fraction of sp³-hybridized carbons (Fsp3) is 0.320. The predicted molar refractivity (Wildman–Crippen MR) is 120 cm³/mol. The number of rotatable bonds is 7. The van der Waals surface area contributed by atoms with Crippen molar-refractivity contribution < 1.29 is 22.6 Å². The molecule has 0 bridgehead atoms. The van der Waals surface area contributed by atoms with Gasteiger partial charge < -0.3 is 14.4 Å². The Hall–Kier alpha value is -3.26. The highest BCUT2D eigenvalue weighted by Gasteiger charge is 2.31. The van der Waals surface area contributed by atoms with Gasteiger partial charge in [-0.05, 0) is 23.8 Å². The second-order valence-electron chi connectivity index (χ2n) is 7.91. The molecule has 33 heavy (non-hydrogen) atoms. The molecule has 5 nitrogen and oxygen atoms in total. The second-order valence-corrected chi connectivity index (χ2v) is 7.91. The van der Waals surface area contributed by atoms with Gasteiger partial charge in [-0.1, -0.05) is 36.4 Å². The number of aromatic nitrogens is 1. The van der Waals surface area contributed by atoms with Crippen LogP contribution in [0.15, 0.2) is 66.9 Å². The van der Waals surface area contributed by atoms with Crippen LogP contribution in [-0.4, -0.2) is 43.2 Å². The summed E-state index contributed by atoms with van der Waals surface area (Å²) in [5.74, 6) is 2.09. The molecule has 0 radical (unpaired) electrons. The van der Waals surface area contributed by atoms with Crippen molar-refractivity contribution in [3.63, 3.8) is 0 Å². The van der Waals surface area contributed by atoms with E-state index < -0.39 is 11.7 Å². The van der Waals surface area contributed by atoms with Crippen LogP contribution in [0.5, 0.6) is 11.5 Å². The van der Waals surface area contributed by atoms with Gasteiger partial charge in [0.25, 0.3) is 0 Å². The first kappa shape index (κ1) is 22.9. The third kappa shape index (κ3) is 5.96. The summed E-state index contributed by atoms with van der Waals surface area (Å²) in [6.45, 7) is 4.15. The van der Waals surface area contributed by atoms with E-state index in [2.05, 4.69) is 9.88 Å². The zero-order valence-corrected chi connectivity index (χ0v) is 18.4. The van der Waals surface area contributed by atoms with E-state index in [1.807, 2.05) is 53.4 Å². The van der Waals surface area contributed by atoms with Crippen molar-refractivity contribution in [2.24, 2.45) is 0 Å². The summed E-state index contributed by atoms with van der Waals surface area (Å²) in [6, 6.07) is 18.4. The van der Waals surface area contributed by atoms with Gasteiger partial charge in [-0.3, -0.25) is 4.90 Å². The summed E-state index contributed by atoms with van der Waals surface area (Å²) in [7, 11) is 1.65. The monoisotopic (exact) mass is 457 g/mol. The molecule has 1 fully saturated rings. The third-order valence-electron chi connectivity index (χ3n) is 5.67. The van der Waals surface area contributed by atoms with E-state index in [0.717, 1.165) is 54.5 Å². The molecular formula is C25H26F3N3O2. The maximum atomic E-state index is 12.7. The fourth-order valence-corrected chi connectivity index (χ4v) is 3.80. The van der Waals surface area contributed by atoms with Crippen molar-refractivity contribution in [3.8, 4) is 11.5 Å². The van der Waals surface area contributed by atoms with Gasteiger partial charge in [0.15, 0.2) is 0 Å². The number of piperazine rings is 1. The molecule has 0 amide bonds. The van der Waals surface area contributed by atoms with Crippen molar-refractivity contribution in [2.45, 2.75) is 19.3 Å². The predicted octanol–water partition coefficient (Wildman–Crippen LogP) is 5.01. The van der Waals surface area contributed by atoms with Gasteiger partial charge in [-0.15, -0.1) is 0 Å². The van der Waals surface area contributed by atoms with Crippen LogP contribution >= 0.6 is 0 Å². The molecule has 0 spiro atoms. The quantitative estimate of drug-likeness (QED) is 0.499. The van der Waals surface area contributed by atoms with Gasteiger partial charge in [0, 0.05) is 50.6 Å². The van der Waals surface area contributed by atoms with Gasteiger partial charge in [-0.25, -0.2) is 4.98 Å². The number of halogens is 3. The van der Waals surface area contributed by atoms with Crippen LogP contribution in [0.3, 0.4) is 0 Å². The average molecular weight is 457 g/mol. The molecule has 0 N–H and O–H groups in total. The van der Waals surface area contributed by atoms with Crippen LogP contribution in [0, 0.1) is 0 Å².